The molecule has 0 aliphatic carbocycles. The van der Waals surface area contributed by atoms with Crippen LogP contribution in [0.25, 0.3) is 0 Å². The van der Waals surface area contributed by atoms with Crippen molar-refractivity contribution in [3.8, 4) is 0 Å². The molecule has 0 fully saturated rings. The van der Waals surface area contributed by atoms with E-state index < -0.39 is 17.6 Å². The molecule has 1 atom stereocenters. The third kappa shape index (κ3) is 5.47. The summed E-state index contributed by atoms with van der Waals surface area (Å²) in [6, 6.07) is 10.7. The lowest BCUT2D eigenvalue weighted by Crippen LogP contribution is -3.08. The van der Waals surface area contributed by atoms with Gasteiger partial charge in [0.15, 0.2) is 6.54 Å². The van der Waals surface area contributed by atoms with Crippen LogP contribution in [0, 0.1) is 6.92 Å². The minimum Gasteiger partial charge on any atom is -0.326 e. The van der Waals surface area contributed by atoms with Crippen LogP contribution in [-0.2, 0) is 17.5 Å². The standard InChI is InChI=1S/C18H18ClF3N2O/c1-12-5-3-4-6-13(12)10-24(2)11-17(25)23-16-9-14(18(20,21)22)7-8-15(16)19/h3-9H,10-11H2,1-2H3,(H,23,25)/p+1. The average molecular weight is 372 g/mol. The summed E-state index contributed by atoms with van der Waals surface area (Å²) in [4.78, 5) is 13.1. The zero-order chi connectivity index (χ0) is 18.6. The fraction of sp³-hybridized carbons (Fsp3) is 0.278. The highest BCUT2D eigenvalue weighted by Crippen LogP contribution is 2.33. The number of hydrogen-bond donors (Lipinski definition) is 2. The monoisotopic (exact) mass is 371 g/mol. The van der Waals surface area contributed by atoms with Crippen molar-refractivity contribution in [3.63, 3.8) is 0 Å². The van der Waals surface area contributed by atoms with Crippen molar-refractivity contribution in [3.05, 3.63) is 64.2 Å². The van der Waals surface area contributed by atoms with E-state index >= 15 is 0 Å². The Morgan fingerprint density at radius 3 is 2.52 bits per heavy atom. The van der Waals surface area contributed by atoms with Crippen molar-refractivity contribution in [1.82, 2.24) is 0 Å². The van der Waals surface area contributed by atoms with E-state index in [-0.39, 0.29) is 17.3 Å². The minimum absolute atomic E-state index is 0.0369. The summed E-state index contributed by atoms with van der Waals surface area (Å²) in [5, 5.41) is 2.53. The number of quaternary nitrogens is 1. The Labute approximate surface area is 149 Å². The molecule has 2 aromatic carbocycles. The van der Waals surface area contributed by atoms with Crippen LogP contribution in [0.5, 0.6) is 0 Å². The van der Waals surface area contributed by atoms with Gasteiger partial charge in [-0.3, -0.25) is 4.79 Å². The molecule has 0 saturated carbocycles. The fourth-order valence-electron chi connectivity index (χ4n) is 2.46. The highest BCUT2D eigenvalue weighted by molar-refractivity contribution is 6.33. The molecule has 7 heteroatoms. The van der Waals surface area contributed by atoms with Gasteiger partial charge in [0.1, 0.15) is 6.54 Å². The first-order valence-electron chi connectivity index (χ1n) is 7.69. The van der Waals surface area contributed by atoms with Gasteiger partial charge in [0.05, 0.1) is 23.3 Å². The van der Waals surface area contributed by atoms with Crippen molar-refractivity contribution in [2.75, 3.05) is 18.9 Å². The topological polar surface area (TPSA) is 33.5 Å². The maximum absolute atomic E-state index is 12.8. The van der Waals surface area contributed by atoms with E-state index in [1.54, 1.807) is 0 Å². The SMILES string of the molecule is Cc1ccccc1C[NH+](C)CC(=O)Nc1cc(C(F)(F)F)ccc1Cl. The van der Waals surface area contributed by atoms with Crippen molar-refractivity contribution >= 4 is 23.2 Å². The summed E-state index contributed by atoms with van der Waals surface area (Å²) in [6.07, 6.45) is -4.49. The molecule has 0 aliphatic heterocycles. The lowest BCUT2D eigenvalue weighted by molar-refractivity contribution is -0.885. The van der Waals surface area contributed by atoms with Gasteiger partial charge in [-0.1, -0.05) is 35.9 Å². The van der Waals surface area contributed by atoms with Crippen molar-refractivity contribution in [2.24, 2.45) is 0 Å². The van der Waals surface area contributed by atoms with Gasteiger partial charge in [-0.2, -0.15) is 13.2 Å². The van der Waals surface area contributed by atoms with Crippen LogP contribution in [0.2, 0.25) is 5.02 Å². The first-order valence-corrected chi connectivity index (χ1v) is 8.07. The molecule has 1 amide bonds. The zero-order valence-corrected chi connectivity index (χ0v) is 14.6. The summed E-state index contributed by atoms with van der Waals surface area (Å²) >= 11 is 5.89. The smallest absolute Gasteiger partial charge is 0.326 e. The highest BCUT2D eigenvalue weighted by atomic mass is 35.5. The predicted molar refractivity (Wildman–Crippen MR) is 91.7 cm³/mol. The molecule has 2 N–H and O–H groups in total. The van der Waals surface area contributed by atoms with Crippen molar-refractivity contribution in [1.29, 1.82) is 0 Å². The number of carbonyl (C=O) groups excluding carboxylic acids is 1. The van der Waals surface area contributed by atoms with Crippen LogP contribution in [0.4, 0.5) is 18.9 Å². The number of amides is 1. The number of likely N-dealkylation sites (N-methyl/N-ethyl adjacent to an activating group) is 1. The summed E-state index contributed by atoms with van der Waals surface area (Å²) < 4.78 is 38.3. The first kappa shape index (κ1) is 19.3. The number of carbonyl (C=O) groups is 1. The van der Waals surface area contributed by atoms with E-state index in [0.717, 1.165) is 34.2 Å². The second-order valence-electron chi connectivity index (χ2n) is 5.98. The van der Waals surface area contributed by atoms with E-state index in [0.29, 0.717) is 6.54 Å². The number of benzene rings is 2. The molecule has 0 aliphatic rings. The quantitative estimate of drug-likeness (QED) is 0.830. The molecule has 0 aromatic heterocycles. The molecule has 2 rings (SSSR count). The lowest BCUT2D eigenvalue weighted by Gasteiger charge is -2.16. The normalized spacial score (nSPS) is 12.7. The molecule has 3 nitrogen and oxygen atoms in total. The van der Waals surface area contributed by atoms with Crippen LogP contribution < -0.4 is 10.2 Å². The van der Waals surface area contributed by atoms with Gasteiger partial charge < -0.3 is 10.2 Å². The molecule has 134 valence electrons. The molecule has 0 saturated heterocycles. The summed E-state index contributed by atoms with van der Waals surface area (Å²) in [6.45, 7) is 2.74. The number of rotatable bonds is 5. The number of alkyl halides is 3. The van der Waals surface area contributed by atoms with Gasteiger partial charge in [-0.15, -0.1) is 0 Å². The summed E-state index contributed by atoms with van der Waals surface area (Å²) in [5.41, 5.74) is 1.35. The molecule has 0 spiro atoms. The lowest BCUT2D eigenvalue weighted by atomic mass is 10.1. The Kier molecular flexibility index (Phi) is 6.08. The Morgan fingerprint density at radius 2 is 1.88 bits per heavy atom. The number of hydrogen-bond acceptors (Lipinski definition) is 1. The summed E-state index contributed by atoms with van der Waals surface area (Å²) in [7, 11) is 1.85. The number of halogens is 4. The van der Waals surface area contributed by atoms with E-state index in [2.05, 4.69) is 5.32 Å². The van der Waals surface area contributed by atoms with Gasteiger partial charge in [0.2, 0.25) is 0 Å². The van der Waals surface area contributed by atoms with Crippen LogP contribution in [0.3, 0.4) is 0 Å². The van der Waals surface area contributed by atoms with E-state index in [1.807, 2.05) is 38.2 Å². The van der Waals surface area contributed by atoms with E-state index in [9.17, 15) is 18.0 Å². The van der Waals surface area contributed by atoms with Crippen LogP contribution in [0.15, 0.2) is 42.5 Å². The van der Waals surface area contributed by atoms with Gasteiger partial charge in [0, 0.05) is 5.56 Å². The Bertz CT molecular complexity index is 762. The van der Waals surface area contributed by atoms with E-state index in [4.69, 9.17) is 11.6 Å². The largest absolute Gasteiger partial charge is 0.416 e. The number of nitrogens with one attached hydrogen (secondary N) is 2. The van der Waals surface area contributed by atoms with Gasteiger partial charge in [0.25, 0.3) is 5.91 Å². The molecule has 2 aromatic rings. The highest BCUT2D eigenvalue weighted by Gasteiger charge is 2.31. The Morgan fingerprint density at radius 1 is 1.20 bits per heavy atom. The third-order valence-electron chi connectivity index (χ3n) is 3.78. The molecule has 1 unspecified atom stereocenters. The first-order chi connectivity index (χ1) is 11.7. The number of anilines is 1. The fourth-order valence-corrected chi connectivity index (χ4v) is 2.63. The Hall–Kier alpha value is -2.05. The maximum Gasteiger partial charge on any atom is 0.416 e. The van der Waals surface area contributed by atoms with E-state index in [1.165, 1.54) is 0 Å². The second-order valence-corrected chi connectivity index (χ2v) is 6.38. The van der Waals surface area contributed by atoms with Gasteiger partial charge >= 0.3 is 6.18 Å². The molecule has 0 heterocycles. The van der Waals surface area contributed by atoms with Gasteiger partial charge in [-0.05, 0) is 30.7 Å². The second kappa shape index (κ2) is 7.89. The minimum atomic E-state index is -4.49. The third-order valence-corrected chi connectivity index (χ3v) is 4.11. The Balaban J connectivity index is 2.01. The van der Waals surface area contributed by atoms with Crippen molar-refractivity contribution in [2.45, 2.75) is 19.6 Å². The molecular formula is C18H19ClF3N2O+. The zero-order valence-electron chi connectivity index (χ0n) is 13.9. The molecule has 0 bridgehead atoms. The molecular weight excluding hydrogens is 353 g/mol. The van der Waals surface area contributed by atoms with Crippen molar-refractivity contribution < 1.29 is 22.9 Å². The molecule has 0 radical (unpaired) electrons. The summed E-state index contributed by atoms with van der Waals surface area (Å²) in [5.74, 6) is -0.396. The average Bonchev–Trinajstić information content (AvgIpc) is 2.50. The van der Waals surface area contributed by atoms with Gasteiger partial charge in [-0.25, -0.2) is 0 Å². The van der Waals surface area contributed by atoms with Crippen LogP contribution in [-0.4, -0.2) is 19.5 Å². The maximum atomic E-state index is 12.8. The number of aryl methyl sites for hydroxylation is 1. The van der Waals surface area contributed by atoms with Crippen LogP contribution >= 0.6 is 11.6 Å². The predicted octanol–water partition coefficient (Wildman–Crippen LogP) is 3.32. The van der Waals surface area contributed by atoms with Crippen LogP contribution in [0.1, 0.15) is 16.7 Å². The molecule has 25 heavy (non-hydrogen) atoms.